The lowest BCUT2D eigenvalue weighted by molar-refractivity contribution is 0.414. The lowest BCUT2D eigenvalue weighted by Crippen LogP contribution is -2.26. The van der Waals surface area contributed by atoms with Crippen LogP contribution in [-0.2, 0) is 13.5 Å². The Morgan fingerprint density at radius 2 is 2.24 bits per heavy atom. The van der Waals surface area contributed by atoms with Crippen molar-refractivity contribution in [2.45, 2.75) is 6.42 Å². The van der Waals surface area contributed by atoms with Crippen LogP contribution in [0, 0.1) is 4.77 Å². The van der Waals surface area contributed by atoms with Crippen LogP contribution in [0.5, 0.6) is 5.75 Å². The van der Waals surface area contributed by atoms with Crippen molar-refractivity contribution < 1.29 is 4.74 Å². The van der Waals surface area contributed by atoms with E-state index in [0.29, 0.717) is 22.7 Å². The molecule has 0 aliphatic carbocycles. The summed E-state index contributed by atoms with van der Waals surface area (Å²) >= 11 is 5.10. The summed E-state index contributed by atoms with van der Waals surface area (Å²) < 4.78 is 8.41. The van der Waals surface area contributed by atoms with E-state index in [0.717, 1.165) is 11.3 Å². The number of hydrogen-bond donors (Lipinski definition) is 1. The second-order valence-corrected chi connectivity index (χ2v) is 4.97. The topological polar surface area (TPSA) is 77.2 Å². The summed E-state index contributed by atoms with van der Waals surface area (Å²) in [6, 6.07) is 7.52. The highest BCUT2D eigenvalue weighted by Crippen LogP contribution is 2.14. The highest BCUT2D eigenvalue weighted by atomic mass is 32.1. The number of hydrogen-bond acceptors (Lipinski definition) is 5. The highest BCUT2D eigenvalue weighted by molar-refractivity contribution is 7.71. The lowest BCUT2D eigenvalue weighted by Gasteiger charge is -2.06. The molecule has 0 radical (unpaired) electrons. The molecule has 0 aliphatic heterocycles. The number of methoxy groups -OCH3 is 1. The van der Waals surface area contributed by atoms with Crippen LogP contribution >= 0.6 is 12.2 Å². The second-order valence-electron chi connectivity index (χ2n) is 4.58. The van der Waals surface area contributed by atoms with Gasteiger partial charge in [0.15, 0.2) is 0 Å². The largest absolute Gasteiger partial charge is 0.497 e. The van der Waals surface area contributed by atoms with Crippen LogP contribution in [0.2, 0.25) is 0 Å². The summed E-state index contributed by atoms with van der Waals surface area (Å²) in [5.41, 5.74) is 1.14. The molecule has 0 atom stereocenters. The van der Waals surface area contributed by atoms with Crippen molar-refractivity contribution in [3.05, 3.63) is 50.6 Å². The van der Waals surface area contributed by atoms with Gasteiger partial charge in [-0.1, -0.05) is 12.1 Å². The molecule has 0 fully saturated rings. The van der Waals surface area contributed by atoms with Gasteiger partial charge in [0.05, 0.1) is 7.11 Å². The number of benzene rings is 1. The summed E-state index contributed by atoms with van der Waals surface area (Å²) in [4.78, 5) is 12.3. The summed E-state index contributed by atoms with van der Waals surface area (Å²) in [6.07, 6.45) is 0.396. The van der Waals surface area contributed by atoms with Crippen LogP contribution in [0.15, 0.2) is 29.1 Å². The number of aromatic nitrogens is 5. The molecule has 3 rings (SSSR count). The molecular weight excluding hydrogens is 290 g/mol. The number of H-pyrrole nitrogens is 1. The van der Waals surface area contributed by atoms with Gasteiger partial charge in [0.1, 0.15) is 11.4 Å². The normalized spacial score (nSPS) is 11.0. The Hall–Kier alpha value is -2.48. The maximum Gasteiger partial charge on any atom is 0.276 e. The first-order valence-electron chi connectivity index (χ1n) is 6.26. The Bertz CT molecular complexity index is 924. The fourth-order valence-corrected chi connectivity index (χ4v) is 2.29. The van der Waals surface area contributed by atoms with Gasteiger partial charge in [-0.25, -0.2) is 5.10 Å². The number of rotatable bonds is 3. The third kappa shape index (κ3) is 2.33. The predicted molar refractivity (Wildman–Crippen MR) is 79.2 cm³/mol. The maximum absolute atomic E-state index is 12.3. The molecule has 1 N–H and O–H groups in total. The minimum atomic E-state index is -0.195. The molecule has 0 bridgehead atoms. The average Bonchev–Trinajstić information content (AvgIpc) is 2.86. The van der Waals surface area contributed by atoms with E-state index in [1.54, 1.807) is 14.2 Å². The Labute approximate surface area is 124 Å². The van der Waals surface area contributed by atoms with E-state index in [4.69, 9.17) is 17.0 Å². The van der Waals surface area contributed by atoms with E-state index in [1.165, 1.54) is 9.08 Å². The molecule has 0 saturated carbocycles. The van der Waals surface area contributed by atoms with Crippen LogP contribution in [0.1, 0.15) is 11.3 Å². The first-order valence-corrected chi connectivity index (χ1v) is 6.67. The van der Waals surface area contributed by atoms with Crippen LogP contribution < -0.4 is 10.3 Å². The van der Waals surface area contributed by atoms with Crippen molar-refractivity contribution in [1.82, 2.24) is 24.4 Å². The highest BCUT2D eigenvalue weighted by Gasteiger charge is 2.11. The number of nitrogens with zero attached hydrogens (tertiary/aromatic N) is 4. The predicted octanol–water partition coefficient (Wildman–Crippen LogP) is 1.08. The van der Waals surface area contributed by atoms with E-state index in [2.05, 4.69) is 15.3 Å². The molecule has 0 amide bonds. The van der Waals surface area contributed by atoms with Gasteiger partial charge < -0.3 is 4.74 Å². The fraction of sp³-hybridized carbons (Fsp3) is 0.231. The molecule has 0 spiro atoms. The summed E-state index contributed by atoms with van der Waals surface area (Å²) in [5, 5.41) is 10.9. The monoisotopic (exact) mass is 303 g/mol. The average molecular weight is 303 g/mol. The molecule has 0 unspecified atom stereocenters. The molecule has 2 aromatic heterocycles. The van der Waals surface area contributed by atoms with E-state index in [-0.39, 0.29) is 5.56 Å². The quantitative estimate of drug-likeness (QED) is 0.733. The molecule has 108 valence electrons. The minimum absolute atomic E-state index is 0.195. The SMILES string of the molecule is COc1cccc(Cc2nn3c(=S)[nH]nc3n(C)c2=O)c1. The van der Waals surface area contributed by atoms with Crippen molar-refractivity contribution in [1.29, 1.82) is 0 Å². The molecule has 3 aromatic rings. The molecule has 21 heavy (non-hydrogen) atoms. The molecular formula is C13H13N5O2S. The van der Waals surface area contributed by atoms with Crippen molar-refractivity contribution in [3.63, 3.8) is 0 Å². The van der Waals surface area contributed by atoms with Crippen molar-refractivity contribution in [2.24, 2.45) is 7.05 Å². The second kappa shape index (κ2) is 5.13. The summed E-state index contributed by atoms with van der Waals surface area (Å²) in [6.45, 7) is 0. The fourth-order valence-electron chi connectivity index (χ4n) is 2.13. The Kier molecular flexibility index (Phi) is 3.30. The zero-order valence-electron chi connectivity index (χ0n) is 11.5. The third-order valence-corrected chi connectivity index (χ3v) is 3.48. The molecule has 1 aromatic carbocycles. The minimum Gasteiger partial charge on any atom is -0.497 e. The van der Waals surface area contributed by atoms with Crippen LogP contribution in [-0.4, -0.2) is 31.5 Å². The number of nitrogens with one attached hydrogen (secondary N) is 1. The van der Waals surface area contributed by atoms with Gasteiger partial charge in [0, 0.05) is 13.5 Å². The van der Waals surface area contributed by atoms with Gasteiger partial charge >= 0.3 is 0 Å². The zero-order chi connectivity index (χ0) is 15.0. The molecule has 7 nitrogen and oxygen atoms in total. The van der Waals surface area contributed by atoms with Gasteiger partial charge in [-0.2, -0.15) is 9.61 Å². The Balaban J connectivity index is 2.12. The maximum atomic E-state index is 12.3. The molecule has 2 heterocycles. The number of aromatic amines is 1. The van der Waals surface area contributed by atoms with E-state index in [1.807, 2.05) is 24.3 Å². The van der Waals surface area contributed by atoms with Crippen molar-refractivity contribution in [2.75, 3.05) is 7.11 Å². The molecule has 0 saturated heterocycles. The Morgan fingerprint density at radius 3 is 3.00 bits per heavy atom. The van der Waals surface area contributed by atoms with E-state index in [9.17, 15) is 4.79 Å². The van der Waals surface area contributed by atoms with E-state index >= 15 is 0 Å². The summed E-state index contributed by atoms with van der Waals surface area (Å²) in [5.74, 6) is 1.13. The number of fused-ring (bicyclic) bond motifs is 1. The smallest absolute Gasteiger partial charge is 0.276 e. The standard InChI is InChI=1S/C13H13N5O2S/c1-17-11(19)10(16-18-12(17)14-15-13(18)21)7-8-4-3-5-9(6-8)20-2/h3-6H,7H2,1-2H3,(H,15,21). The number of aryl methyl sites for hydroxylation is 1. The van der Waals surface area contributed by atoms with Crippen LogP contribution in [0.4, 0.5) is 0 Å². The van der Waals surface area contributed by atoms with Crippen LogP contribution in [0.25, 0.3) is 5.78 Å². The van der Waals surface area contributed by atoms with Gasteiger partial charge in [0.2, 0.25) is 4.77 Å². The number of ether oxygens (including phenoxy) is 1. The molecule has 8 heteroatoms. The lowest BCUT2D eigenvalue weighted by atomic mass is 10.1. The van der Waals surface area contributed by atoms with Crippen LogP contribution in [0.3, 0.4) is 0 Å². The van der Waals surface area contributed by atoms with Gasteiger partial charge in [-0.15, -0.1) is 5.10 Å². The van der Waals surface area contributed by atoms with Crippen molar-refractivity contribution >= 4 is 18.0 Å². The van der Waals surface area contributed by atoms with Gasteiger partial charge in [-0.05, 0) is 29.9 Å². The molecule has 0 aliphatic rings. The Morgan fingerprint density at radius 1 is 1.43 bits per heavy atom. The van der Waals surface area contributed by atoms with Gasteiger partial charge in [0.25, 0.3) is 11.3 Å². The summed E-state index contributed by atoms with van der Waals surface area (Å²) in [7, 11) is 3.25. The zero-order valence-corrected chi connectivity index (χ0v) is 12.3. The van der Waals surface area contributed by atoms with E-state index < -0.39 is 0 Å². The first kappa shape index (κ1) is 13.5. The van der Waals surface area contributed by atoms with Gasteiger partial charge in [-0.3, -0.25) is 9.36 Å². The third-order valence-electron chi connectivity index (χ3n) is 3.21. The van der Waals surface area contributed by atoms with Crippen molar-refractivity contribution in [3.8, 4) is 5.75 Å². The first-order chi connectivity index (χ1) is 10.1.